The quantitative estimate of drug-likeness (QED) is 0.658. The summed E-state index contributed by atoms with van der Waals surface area (Å²) in [6.45, 7) is 11.1. The summed E-state index contributed by atoms with van der Waals surface area (Å²) < 4.78 is 0. The van der Waals surface area contributed by atoms with Crippen molar-refractivity contribution >= 4 is 0 Å². The molecule has 0 rings (SSSR count). The predicted molar refractivity (Wildman–Crippen MR) is 63.4 cm³/mol. The second-order valence-electron chi connectivity index (χ2n) is 5.70. The maximum atomic E-state index is 9.83. The Morgan fingerprint density at radius 1 is 1.14 bits per heavy atom. The summed E-state index contributed by atoms with van der Waals surface area (Å²) in [5.74, 6) is 0.765. The molecule has 0 aromatic rings. The molecule has 0 saturated carbocycles. The van der Waals surface area contributed by atoms with Crippen molar-refractivity contribution in [1.82, 2.24) is 0 Å². The summed E-state index contributed by atoms with van der Waals surface area (Å²) in [5.41, 5.74) is 0.303. The monoisotopic (exact) mass is 200 g/mol. The molecule has 0 fully saturated rings. The van der Waals surface area contributed by atoms with Crippen molar-refractivity contribution in [2.75, 3.05) is 0 Å². The van der Waals surface area contributed by atoms with Crippen molar-refractivity contribution in [3.8, 4) is 0 Å². The lowest BCUT2D eigenvalue weighted by molar-refractivity contribution is 0.101. The smallest absolute Gasteiger partial charge is 0.0545 e. The van der Waals surface area contributed by atoms with Gasteiger partial charge in [0.1, 0.15) is 0 Å². The first-order valence-corrected chi connectivity index (χ1v) is 6.05. The van der Waals surface area contributed by atoms with E-state index in [0.29, 0.717) is 5.41 Å². The maximum Gasteiger partial charge on any atom is 0.0545 e. The Hall–Kier alpha value is -0.0400. The third-order valence-electron chi connectivity index (χ3n) is 3.06. The first kappa shape index (κ1) is 14.0. The van der Waals surface area contributed by atoms with Crippen molar-refractivity contribution in [3.63, 3.8) is 0 Å². The molecule has 0 bridgehead atoms. The molecule has 0 saturated heterocycles. The zero-order chi connectivity index (χ0) is 11.2. The first-order valence-electron chi connectivity index (χ1n) is 6.05. The van der Waals surface area contributed by atoms with Gasteiger partial charge in [-0.25, -0.2) is 0 Å². The number of hydrogen-bond acceptors (Lipinski definition) is 1. The number of aliphatic hydroxyl groups excluding tert-OH is 1. The van der Waals surface area contributed by atoms with Crippen LogP contribution in [0.5, 0.6) is 0 Å². The second kappa shape index (κ2) is 6.44. The van der Waals surface area contributed by atoms with Crippen LogP contribution in [0.25, 0.3) is 0 Å². The second-order valence-corrected chi connectivity index (χ2v) is 5.70. The van der Waals surface area contributed by atoms with Crippen molar-refractivity contribution in [2.24, 2.45) is 11.3 Å². The van der Waals surface area contributed by atoms with E-state index in [0.717, 1.165) is 25.2 Å². The van der Waals surface area contributed by atoms with Crippen LogP contribution >= 0.6 is 0 Å². The molecule has 0 aliphatic heterocycles. The molecule has 1 nitrogen and oxygen atoms in total. The van der Waals surface area contributed by atoms with Gasteiger partial charge in [-0.2, -0.15) is 0 Å². The highest BCUT2D eigenvalue weighted by atomic mass is 16.3. The minimum Gasteiger partial charge on any atom is -0.393 e. The molecule has 0 radical (unpaired) electrons. The highest BCUT2D eigenvalue weighted by Gasteiger charge is 2.19. The van der Waals surface area contributed by atoms with E-state index >= 15 is 0 Å². The van der Waals surface area contributed by atoms with E-state index in [4.69, 9.17) is 0 Å². The zero-order valence-corrected chi connectivity index (χ0v) is 10.6. The Balaban J connectivity index is 3.60. The zero-order valence-electron chi connectivity index (χ0n) is 10.6. The van der Waals surface area contributed by atoms with E-state index in [1.54, 1.807) is 0 Å². The fourth-order valence-electron chi connectivity index (χ4n) is 1.65. The van der Waals surface area contributed by atoms with Gasteiger partial charge in [0.2, 0.25) is 0 Å². The molecule has 1 atom stereocenters. The lowest BCUT2D eigenvalue weighted by Crippen LogP contribution is -2.19. The summed E-state index contributed by atoms with van der Waals surface area (Å²) in [4.78, 5) is 0. The average molecular weight is 200 g/mol. The summed E-state index contributed by atoms with van der Waals surface area (Å²) in [5, 5.41) is 9.83. The molecule has 0 aliphatic rings. The van der Waals surface area contributed by atoms with E-state index in [1.165, 1.54) is 12.8 Å². The van der Waals surface area contributed by atoms with Gasteiger partial charge in [-0.1, -0.05) is 53.9 Å². The van der Waals surface area contributed by atoms with E-state index in [9.17, 15) is 5.11 Å². The molecule has 0 amide bonds. The lowest BCUT2D eigenvalue weighted by Gasteiger charge is -2.25. The van der Waals surface area contributed by atoms with Gasteiger partial charge in [0.25, 0.3) is 0 Å². The lowest BCUT2D eigenvalue weighted by atomic mass is 9.83. The topological polar surface area (TPSA) is 20.2 Å². The Bertz CT molecular complexity index is 138. The van der Waals surface area contributed by atoms with Crippen LogP contribution in [0.3, 0.4) is 0 Å². The third-order valence-corrected chi connectivity index (χ3v) is 3.06. The van der Waals surface area contributed by atoms with E-state index in [2.05, 4.69) is 34.6 Å². The highest BCUT2D eigenvalue weighted by molar-refractivity contribution is 4.71. The maximum absolute atomic E-state index is 9.83. The van der Waals surface area contributed by atoms with Gasteiger partial charge in [-0.15, -0.1) is 0 Å². The molecule has 86 valence electrons. The Morgan fingerprint density at radius 3 is 2.14 bits per heavy atom. The Labute approximate surface area is 89.9 Å². The largest absolute Gasteiger partial charge is 0.393 e. The van der Waals surface area contributed by atoms with Gasteiger partial charge < -0.3 is 5.11 Å². The van der Waals surface area contributed by atoms with Gasteiger partial charge >= 0.3 is 0 Å². The molecule has 1 unspecified atom stereocenters. The molecule has 1 heteroatoms. The van der Waals surface area contributed by atoms with Crippen molar-refractivity contribution in [3.05, 3.63) is 0 Å². The van der Waals surface area contributed by atoms with Crippen molar-refractivity contribution < 1.29 is 5.11 Å². The molecular weight excluding hydrogens is 172 g/mol. The van der Waals surface area contributed by atoms with Crippen LogP contribution in [-0.2, 0) is 0 Å². The summed E-state index contributed by atoms with van der Waals surface area (Å²) in [6.07, 6.45) is 5.38. The summed E-state index contributed by atoms with van der Waals surface area (Å²) in [7, 11) is 0. The van der Waals surface area contributed by atoms with Crippen LogP contribution in [-0.4, -0.2) is 11.2 Å². The van der Waals surface area contributed by atoms with Gasteiger partial charge in [-0.3, -0.25) is 0 Å². The van der Waals surface area contributed by atoms with Crippen molar-refractivity contribution in [2.45, 2.75) is 72.8 Å². The molecule has 0 spiro atoms. The van der Waals surface area contributed by atoms with Gasteiger partial charge in [-0.05, 0) is 24.2 Å². The van der Waals surface area contributed by atoms with Crippen LogP contribution in [0.2, 0.25) is 0 Å². The van der Waals surface area contributed by atoms with Gasteiger partial charge in [0.05, 0.1) is 6.10 Å². The minimum absolute atomic E-state index is 0.0938. The molecular formula is C13H28O. The highest BCUT2D eigenvalue weighted by Crippen LogP contribution is 2.27. The minimum atomic E-state index is -0.0938. The predicted octanol–water partition coefficient (Wildman–Crippen LogP) is 4.00. The fourth-order valence-corrected chi connectivity index (χ4v) is 1.65. The first-order chi connectivity index (χ1) is 6.37. The fraction of sp³-hybridized carbons (Fsp3) is 1.00. The standard InChI is InChI=1S/C13H28O/c1-6-13(4,5)10-12(14)9-7-8-11(2)3/h11-12,14H,6-10H2,1-5H3. The molecule has 0 aromatic carbocycles. The van der Waals surface area contributed by atoms with E-state index in [-0.39, 0.29) is 6.10 Å². The Kier molecular flexibility index (Phi) is 6.43. The van der Waals surface area contributed by atoms with Crippen LogP contribution in [0.4, 0.5) is 0 Å². The number of rotatable bonds is 7. The molecule has 0 aliphatic carbocycles. The summed E-state index contributed by atoms with van der Waals surface area (Å²) in [6, 6.07) is 0. The SMILES string of the molecule is CCC(C)(C)CC(O)CCCC(C)C. The number of aliphatic hydroxyl groups is 1. The third kappa shape index (κ3) is 7.37. The van der Waals surface area contributed by atoms with Crippen LogP contribution < -0.4 is 0 Å². The molecule has 1 N–H and O–H groups in total. The molecule has 0 heterocycles. The number of hydrogen-bond donors (Lipinski definition) is 1. The normalized spacial score (nSPS) is 14.8. The van der Waals surface area contributed by atoms with Crippen LogP contribution in [0, 0.1) is 11.3 Å². The van der Waals surface area contributed by atoms with E-state index in [1.807, 2.05) is 0 Å². The van der Waals surface area contributed by atoms with E-state index < -0.39 is 0 Å². The average Bonchev–Trinajstić information content (AvgIpc) is 2.02. The summed E-state index contributed by atoms with van der Waals surface area (Å²) >= 11 is 0. The molecule has 0 aromatic heterocycles. The Morgan fingerprint density at radius 2 is 1.71 bits per heavy atom. The van der Waals surface area contributed by atoms with Crippen LogP contribution in [0.1, 0.15) is 66.7 Å². The molecule has 14 heavy (non-hydrogen) atoms. The van der Waals surface area contributed by atoms with Crippen molar-refractivity contribution in [1.29, 1.82) is 0 Å². The van der Waals surface area contributed by atoms with Gasteiger partial charge in [0, 0.05) is 0 Å². The van der Waals surface area contributed by atoms with Gasteiger partial charge in [0.15, 0.2) is 0 Å². The van der Waals surface area contributed by atoms with Crippen LogP contribution in [0.15, 0.2) is 0 Å².